The van der Waals surface area contributed by atoms with Crippen LogP contribution < -0.4 is 10.1 Å². The zero-order valence-electron chi connectivity index (χ0n) is 12.9. The van der Waals surface area contributed by atoms with Gasteiger partial charge in [0.15, 0.2) is 10.9 Å². The molecule has 0 spiro atoms. The molecule has 7 heteroatoms. The smallest absolute Gasteiger partial charge is 0.226 e. The second-order valence-corrected chi connectivity index (χ2v) is 6.08. The molecule has 0 saturated heterocycles. The lowest BCUT2D eigenvalue weighted by molar-refractivity contribution is -0.116. The SMILES string of the molecule is COc1ccc(C)cc1C(=O)CCC(=O)Nc1nc(CCl)cs1. The number of methoxy groups -OCH3 is 1. The lowest BCUT2D eigenvalue weighted by Gasteiger charge is -2.08. The number of aromatic nitrogens is 1. The third-order valence-corrected chi connectivity index (χ3v) is 4.25. The number of amides is 1. The van der Waals surface area contributed by atoms with Gasteiger partial charge >= 0.3 is 0 Å². The number of benzene rings is 1. The molecule has 1 aromatic heterocycles. The molecule has 2 rings (SSSR count). The minimum atomic E-state index is -0.250. The van der Waals surface area contributed by atoms with E-state index in [2.05, 4.69) is 10.3 Å². The maximum absolute atomic E-state index is 12.3. The van der Waals surface area contributed by atoms with E-state index in [0.717, 1.165) is 5.56 Å². The number of Topliss-reactive ketones (excluding diaryl/α,β-unsaturated/α-hetero) is 1. The minimum absolute atomic E-state index is 0.0890. The van der Waals surface area contributed by atoms with E-state index in [1.165, 1.54) is 18.4 Å². The number of anilines is 1. The molecule has 0 unspecified atom stereocenters. The Balaban J connectivity index is 1.93. The Morgan fingerprint density at radius 1 is 1.35 bits per heavy atom. The van der Waals surface area contributed by atoms with Gasteiger partial charge in [-0.15, -0.1) is 22.9 Å². The normalized spacial score (nSPS) is 10.4. The first kappa shape index (κ1) is 17.4. The zero-order chi connectivity index (χ0) is 16.8. The van der Waals surface area contributed by atoms with Crippen molar-refractivity contribution in [1.82, 2.24) is 4.98 Å². The van der Waals surface area contributed by atoms with Gasteiger partial charge in [-0.3, -0.25) is 9.59 Å². The van der Waals surface area contributed by atoms with Crippen molar-refractivity contribution in [2.24, 2.45) is 0 Å². The van der Waals surface area contributed by atoms with Crippen molar-refractivity contribution in [2.45, 2.75) is 25.6 Å². The van der Waals surface area contributed by atoms with E-state index in [1.807, 2.05) is 13.0 Å². The van der Waals surface area contributed by atoms with E-state index < -0.39 is 0 Å². The molecule has 2 aromatic rings. The molecule has 0 aliphatic rings. The number of rotatable bonds is 7. The standard InChI is InChI=1S/C16H17ClN2O3S/c1-10-3-5-14(22-2)12(7-10)13(20)4-6-15(21)19-16-18-11(8-17)9-23-16/h3,5,7,9H,4,6,8H2,1-2H3,(H,18,19,21). The number of thiazole rings is 1. The molecule has 1 amide bonds. The average Bonchev–Trinajstić information content (AvgIpc) is 3.00. The summed E-state index contributed by atoms with van der Waals surface area (Å²) >= 11 is 6.97. The minimum Gasteiger partial charge on any atom is -0.496 e. The molecule has 0 aliphatic carbocycles. The summed E-state index contributed by atoms with van der Waals surface area (Å²) in [5.41, 5.74) is 2.18. The summed E-state index contributed by atoms with van der Waals surface area (Å²) < 4.78 is 5.20. The van der Waals surface area contributed by atoms with Gasteiger partial charge in [-0.2, -0.15) is 0 Å². The van der Waals surface area contributed by atoms with Gasteiger partial charge in [-0.05, 0) is 19.1 Å². The lowest BCUT2D eigenvalue weighted by Crippen LogP contribution is -2.14. The van der Waals surface area contributed by atoms with Gasteiger partial charge in [0.05, 0.1) is 24.2 Å². The molecule has 5 nitrogen and oxygen atoms in total. The van der Waals surface area contributed by atoms with E-state index in [9.17, 15) is 9.59 Å². The molecule has 0 radical (unpaired) electrons. The zero-order valence-corrected chi connectivity index (χ0v) is 14.5. The fourth-order valence-electron chi connectivity index (χ4n) is 2.01. The van der Waals surface area contributed by atoms with Crippen LogP contribution in [0.2, 0.25) is 0 Å². The van der Waals surface area contributed by atoms with Crippen LogP contribution in [0, 0.1) is 6.92 Å². The summed E-state index contributed by atoms with van der Waals surface area (Å²) in [4.78, 5) is 28.3. The molecular formula is C16H17ClN2O3S. The fraction of sp³-hybridized carbons (Fsp3) is 0.312. The van der Waals surface area contributed by atoms with Crippen molar-refractivity contribution in [3.8, 4) is 5.75 Å². The second-order valence-electron chi connectivity index (χ2n) is 4.95. The van der Waals surface area contributed by atoms with E-state index in [1.54, 1.807) is 17.5 Å². The van der Waals surface area contributed by atoms with Gasteiger partial charge in [0.2, 0.25) is 5.91 Å². The number of ketones is 1. The van der Waals surface area contributed by atoms with E-state index in [0.29, 0.717) is 28.0 Å². The molecular weight excluding hydrogens is 336 g/mol. The number of carbonyl (C=O) groups excluding carboxylic acids is 2. The number of alkyl halides is 1. The number of hydrogen-bond acceptors (Lipinski definition) is 5. The largest absolute Gasteiger partial charge is 0.496 e. The van der Waals surface area contributed by atoms with Crippen molar-refractivity contribution in [2.75, 3.05) is 12.4 Å². The molecule has 0 aliphatic heterocycles. The third kappa shape index (κ3) is 4.77. The highest BCUT2D eigenvalue weighted by atomic mass is 35.5. The number of nitrogens with one attached hydrogen (secondary N) is 1. The van der Waals surface area contributed by atoms with Crippen LogP contribution in [0.1, 0.15) is 34.5 Å². The first-order chi connectivity index (χ1) is 11.0. The van der Waals surface area contributed by atoms with Crippen LogP contribution in [0.15, 0.2) is 23.6 Å². The predicted molar refractivity (Wildman–Crippen MR) is 91.6 cm³/mol. The molecule has 0 fully saturated rings. The summed E-state index contributed by atoms with van der Waals surface area (Å²) in [6.45, 7) is 1.90. The van der Waals surface area contributed by atoms with Crippen LogP contribution in [-0.2, 0) is 10.7 Å². The monoisotopic (exact) mass is 352 g/mol. The second kappa shape index (κ2) is 8.08. The number of nitrogens with zero attached hydrogens (tertiary/aromatic N) is 1. The van der Waals surface area contributed by atoms with Gasteiger partial charge in [0, 0.05) is 18.2 Å². The number of carbonyl (C=O) groups is 2. The van der Waals surface area contributed by atoms with Crippen LogP contribution in [-0.4, -0.2) is 23.8 Å². The Morgan fingerprint density at radius 2 is 2.13 bits per heavy atom. The van der Waals surface area contributed by atoms with Crippen LogP contribution >= 0.6 is 22.9 Å². The highest BCUT2D eigenvalue weighted by Crippen LogP contribution is 2.22. The Bertz CT molecular complexity index is 715. The maximum atomic E-state index is 12.3. The van der Waals surface area contributed by atoms with Gasteiger partial charge in [0.25, 0.3) is 0 Å². The Hall–Kier alpha value is -1.92. The summed E-state index contributed by atoms with van der Waals surface area (Å²) in [6.07, 6.45) is 0.200. The summed E-state index contributed by atoms with van der Waals surface area (Å²) in [7, 11) is 1.52. The summed E-state index contributed by atoms with van der Waals surface area (Å²) in [5, 5.41) is 4.94. The molecule has 23 heavy (non-hydrogen) atoms. The van der Waals surface area contributed by atoms with Crippen LogP contribution in [0.4, 0.5) is 5.13 Å². The molecule has 0 atom stereocenters. The van der Waals surface area contributed by atoms with Crippen molar-refractivity contribution in [1.29, 1.82) is 0 Å². The number of aryl methyl sites for hydroxylation is 1. The van der Waals surface area contributed by atoms with Crippen LogP contribution in [0.3, 0.4) is 0 Å². The quantitative estimate of drug-likeness (QED) is 0.608. The maximum Gasteiger partial charge on any atom is 0.226 e. The summed E-state index contributed by atoms with van der Waals surface area (Å²) in [5.74, 6) is 0.451. The Morgan fingerprint density at radius 3 is 2.78 bits per heavy atom. The summed E-state index contributed by atoms with van der Waals surface area (Å²) in [6, 6.07) is 5.40. The van der Waals surface area contributed by atoms with Crippen LogP contribution in [0.25, 0.3) is 0 Å². The average molecular weight is 353 g/mol. The van der Waals surface area contributed by atoms with Gasteiger partial charge in [-0.25, -0.2) is 4.98 Å². The number of hydrogen-bond donors (Lipinski definition) is 1. The highest BCUT2D eigenvalue weighted by Gasteiger charge is 2.15. The molecule has 0 bridgehead atoms. The number of ether oxygens (including phenoxy) is 1. The van der Waals surface area contributed by atoms with Crippen molar-refractivity contribution >= 4 is 39.8 Å². The first-order valence-electron chi connectivity index (χ1n) is 7.01. The molecule has 0 saturated carbocycles. The van der Waals surface area contributed by atoms with Gasteiger partial charge in [-0.1, -0.05) is 11.6 Å². The third-order valence-electron chi connectivity index (χ3n) is 3.17. The molecule has 1 aromatic carbocycles. The van der Waals surface area contributed by atoms with Gasteiger partial charge in [0.1, 0.15) is 5.75 Å². The van der Waals surface area contributed by atoms with Crippen molar-refractivity contribution in [3.05, 3.63) is 40.4 Å². The van der Waals surface area contributed by atoms with E-state index >= 15 is 0 Å². The fourth-order valence-corrected chi connectivity index (χ4v) is 2.96. The van der Waals surface area contributed by atoms with Crippen molar-refractivity contribution < 1.29 is 14.3 Å². The highest BCUT2D eigenvalue weighted by molar-refractivity contribution is 7.13. The lowest BCUT2D eigenvalue weighted by atomic mass is 10.0. The van der Waals surface area contributed by atoms with Gasteiger partial charge < -0.3 is 10.1 Å². The molecule has 1 N–H and O–H groups in total. The predicted octanol–water partition coefficient (Wildman–Crippen LogP) is 3.80. The molecule has 1 heterocycles. The Labute approximate surface area is 143 Å². The van der Waals surface area contributed by atoms with Crippen molar-refractivity contribution in [3.63, 3.8) is 0 Å². The Kier molecular flexibility index (Phi) is 6.12. The van der Waals surface area contributed by atoms with E-state index in [-0.39, 0.29) is 24.5 Å². The van der Waals surface area contributed by atoms with E-state index in [4.69, 9.17) is 16.3 Å². The van der Waals surface area contributed by atoms with Crippen LogP contribution in [0.5, 0.6) is 5.75 Å². The molecule has 122 valence electrons. The topological polar surface area (TPSA) is 68.3 Å². The number of halogens is 1. The first-order valence-corrected chi connectivity index (χ1v) is 8.43.